The molecule has 2 heterocycles. The lowest BCUT2D eigenvalue weighted by Gasteiger charge is -2.33. The number of likely N-dealkylation sites (tertiary alicyclic amines) is 1. The molecule has 5 heteroatoms. The van der Waals surface area contributed by atoms with Gasteiger partial charge >= 0.3 is 0 Å². The Balaban J connectivity index is 1.87. The first-order valence-electron chi connectivity index (χ1n) is 7.34. The van der Waals surface area contributed by atoms with E-state index in [1.54, 1.807) is 0 Å². The zero-order chi connectivity index (χ0) is 14.1. The molecule has 0 bridgehead atoms. The van der Waals surface area contributed by atoms with Crippen LogP contribution in [-0.2, 0) is 0 Å². The predicted octanol–water partition coefficient (Wildman–Crippen LogP) is 3.32. The van der Waals surface area contributed by atoms with E-state index in [2.05, 4.69) is 21.4 Å². The van der Waals surface area contributed by atoms with Gasteiger partial charge in [0.2, 0.25) is 5.95 Å². The van der Waals surface area contributed by atoms with E-state index >= 15 is 0 Å². The SMILES string of the molecule is CCCN1CCC(n2c(N)nc3ccc(Cl)cc32)CC1. The summed E-state index contributed by atoms with van der Waals surface area (Å²) in [6.07, 6.45) is 3.47. The summed E-state index contributed by atoms with van der Waals surface area (Å²) in [7, 11) is 0. The van der Waals surface area contributed by atoms with Crippen LogP contribution in [-0.4, -0.2) is 34.1 Å². The molecule has 1 aliphatic heterocycles. The maximum atomic E-state index is 6.12. The number of nitrogens with two attached hydrogens (primary N) is 1. The molecule has 1 aromatic heterocycles. The molecule has 2 aromatic rings. The van der Waals surface area contributed by atoms with Crippen molar-refractivity contribution in [2.45, 2.75) is 32.2 Å². The largest absolute Gasteiger partial charge is 0.369 e. The van der Waals surface area contributed by atoms with Gasteiger partial charge in [0.15, 0.2) is 0 Å². The van der Waals surface area contributed by atoms with Gasteiger partial charge in [-0.25, -0.2) is 4.98 Å². The number of aromatic nitrogens is 2. The minimum atomic E-state index is 0.437. The van der Waals surface area contributed by atoms with Crippen molar-refractivity contribution >= 4 is 28.6 Å². The van der Waals surface area contributed by atoms with Gasteiger partial charge in [-0.3, -0.25) is 0 Å². The highest BCUT2D eigenvalue weighted by Crippen LogP contribution is 2.31. The van der Waals surface area contributed by atoms with Gasteiger partial charge in [-0.15, -0.1) is 0 Å². The van der Waals surface area contributed by atoms with Crippen LogP contribution in [0, 0.1) is 0 Å². The molecule has 1 saturated heterocycles. The molecule has 0 atom stereocenters. The molecule has 1 aliphatic rings. The minimum absolute atomic E-state index is 0.437. The molecule has 0 radical (unpaired) electrons. The Hall–Kier alpha value is -1.26. The smallest absolute Gasteiger partial charge is 0.201 e. The van der Waals surface area contributed by atoms with Crippen LogP contribution in [0.4, 0.5) is 5.95 Å². The molecule has 0 aliphatic carbocycles. The molecular formula is C15H21ClN4. The molecule has 0 unspecified atom stereocenters. The summed E-state index contributed by atoms with van der Waals surface area (Å²) < 4.78 is 2.17. The van der Waals surface area contributed by atoms with Crippen LogP contribution >= 0.6 is 11.6 Å². The second-order valence-electron chi connectivity index (χ2n) is 5.55. The fraction of sp³-hybridized carbons (Fsp3) is 0.533. The van der Waals surface area contributed by atoms with Crippen LogP contribution in [0.5, 0.6) is 0 Å². The van der Waals surface area contributed by atoms with Crippen LogP contribution in [0.2, 0.25) is 5.02 Å². The zero-order valence-corrected chi connectivity index (χ0v) is 12.6. The van der Waals surface area contributed by atoms with Crippen molar-refractivity contribution in [1.82, 2.24) is 14.5 Å². The monoisotopic (exact) mass is 292 g/mol. The number of imidazole rings is 1. The molecule has 108 valence electrons. The summed E-state index contributed by atoms with van der Waals surface area (Å²) in [6, 6.07) is 6.21. The van der Waals surface area contributed by atoms with Crippen molar-refractivity contribution in [3.8, 4) is 0 Å². The number of anilines is 1. The average Bonchev–Trinajstić information content (AvgIpc) is 2.76. The van der Waals surface area contributed by atoms with Gasteiger partial charge in [0.05, 0.1) is 11.0 Å². The average molecular weight is 293 g/mol. The number of rotatable bonds is 3. The molecule has 1 aromatic carbocycles. The van der Waals surface area contributed by atoms with Crippen molar-refractivity contribution in [3.05, 3.63) is 23.2 Å². The Morgan fingerprint density at radius 3 is 2.80 bits per heavy atom. The summed E-state index contributed by atoms with van der Waals surface area (Å²) in [6.45, 7) is 5.70. The number of hydrogen-bond donors (Lipinski definition) is 1. The second-order valence-corrected chi connectivity index (χ2v) is 5.98. The topological polar surface area (TPSA) is 47.1 Å². The summed E-state index contributed by atoms with van der Waals surface area (Å²) >= 11 is 6.11. The van der Waals surface area contributed by atoms with E-state index in [0.717, 1.165) is 42.0 Å². The Bertz CT molecular complexity index is 599. The van der Waals surface area contributed by atoms with Gasteiger partial charge in [0.25, 0.3) is 0 Å². The Morgan fingerprint density at radius 2 is 2.10 bits per heavy atom. The Kier molecular flexibility index (Phi) is 3.85. The second kappa shape index (κ2) is 5.62. The van der Waals surface area contributed by atoms with Crippen molar-refractivity contribution < 1.29 is 0 Å². The van der Waals surface area contributed by atoms with E-state index in [1.807, 2.05) is 18.2 Å². The highest BCUT2D eigenvalue weighted by atomic mass is 35.5. The summed E-state index contributed by atoms with van der Waals surface area (Å²) in [5.41, 5.74) is 8.12. The van der Waals surface area contributed by atoms with Gasteiger partial charge in [-0.1, -0.05) is 18.5 Å². The number of hydrogen-bond acceptors (Lipinski definition) is 3. The summed E-state index contributed by atoms with van der Waals surface area (Å²) in [5.74, 6) is 0.608. The van der Waals surface area contributed by atoms with Crippen molar-refractivity contribution in [2.75, 3.05) is 25.4 Å². The Morgan fingerprint density at radius 1 is 1.35 bits per heavy atom. The number of benzene rings is 1. The van der Waals surface area contributed by atoms with E-state index in [9.17, 15) is 0 Å². The molecule has 0 saturated carbocycles. The minimum Gasteiger partial charge on any atom is -0.369 e. The van der Waals surface area contributed by atoms with E-state index in [-0.39, 0.29) is 0 Å². The third-order valence-electron chi connectivity index (χ3n) is 4.14. The maximum Gasteiger partial charge on any atom is 0.201 e. The number of halogens is 1. The number of nitrogen functional groups attached to an aromatic ring is 1. The lowest BCUT2D eigenvalue weighted by Crippen LogP contribution is -2.35. The molecule has 0 spiro atoms. The van der Waals surface area contributed by atoms with Crippen LogP contribution in [0.3, 0.4) is 0 Å². The van der Waals surface area contributed by atoms with Gasteiger partial charge in [0.1, 0.15) is 0 Å². The van der Waals surface area contributed by atoms with Crippen LogP contribution in [0.1, 0.15) is 32.2 Å². The highest BCUT2D eigenvalue weighted by Gasteiger charge is 2.23. The molecular weight excluding hydrogens is 272 g/mol. The third-order valence-corrected chi connectivity index (χ3v) is 4.38. The van der Waals surface area contributed by atoms with Gasteiger partial charge in [-0.05, 0) is 44.0 Å². The van der Waals surface area contributed by atoms with Crippen molar-refractivity contribution in [2.24, 2.45) is 0 Å². The van der Waals surface area contributed by atoms with Gasteiger partial charge < -0.3 is 15.2 Å². The summed E-state index contributed by atoms with van der Waals surface area (Å²) in [4.78, 5) is 6.98. The van der Waals surface area contributed by atoms with E-state index in [4.69, 9.17) is 17.3 Å². The van der Waals surface area contributed by atoms with E-state index in [1.165, 1.54) is 13.0 Å². The predicted molar refractivity (Wildman–Crippen MR) is 84.2 cm³/mol. The van der Waals surface area contributed by atoms with Crippen molar-refractivity contribution in [1.29, 1.82) is 0 Å². The molecule has 2 N–H and O–H groups in total. The first-order valence-corrected chi connectivity index (χ1v) is 7.72. The van der Waals surface area contributed by atoms with Gasteiger partial charge in [-0.2, -0.15) is 0 Å². The normalized spacial score (nSPS) is 17.9. The number of nitrogens with zero attached hydrogens (tertiary/aromatic N) is 3. The maximum absolute atomic E-state index is 6.12. The fourth-order valence-electron chi connectivity index (χ4n) is 3.19. The molecule has 0 amide bonds. The van der Waals surface area contributed by atoms with E-state index < -0.39 is 0 Å². The van der Waals surface area contributed by atoms with Crippen molar-refractivity contribution in [3.63, 3.8) is 0 Å². The molecule has 4 nitrogen and oxygen atoms in total. The number of fused-ring (bicyclic) bond motifs is 1. The van der Waals surface area contributed by atoms with Crippen LogP contribution in [0.15, 0.2) is 18.2 Å². The van der Waals surface area contributed by atoms with E-state index in [0.29, 0.717) is 12.0 Å². The number of piperidine rings is 1. The lowest BCUT2D eigenvalue weighted by molar-refractivity contribution is 0.189. The molecule has 20 heavy (non-hydrogen) atoms. The lowest BCUT2D eigenvalue weighted by atomic mass is 10.0. The fourth-order valence-corrected chi connectivity index (χ4v) is 3.35. The zero-order valence-electron chi connectivity index (χ0n) is 11.8. The molecule has 1 fully saturated rings. The highest BCUT2D eigenvalue weighted by molar-refractivity contribution is 6.31. The van der Waals surface area contributed by atoms with Crippen LogP contribution < -0.4 is 5.73 Å². The quantitative estimate of drug-likeness (QED) is 0.944. The van der Waals surface area contributed by atoms with Gasteiger partial charge in [0, 0.05) is 24.2 Å². The standard InChI is InChI=1S/C15H21ClN4/c1-2-7-19-8-5-12(6-9-19)20-14-10-11(16)3-4-13(14)18-15(20)17/h3-4,10,12H,2,5-9H2,1H3,(H2,17,18). The molecule has 3 rings (SSSR count). The third kappa shape index (κ3) is 2.50. The Labute approximate surface area is 124 Å². The first kappa shape index (κ1) is 13.7. The first-order chi connectivity index (χ1) is 9.69. The van der Waals surface area contributed by atoms with Crippen LogP contribution in [0.25, 0.3) is 11.0 Å². The summed E-state index contributed by atoms with van der Waals surface area (Å²) in [5, 5.41) is 0.738.